The molecular formula is C16H18Cl2O3S. The predicted molar refractivity (Wildman–Crippen MR) is 92.6 cm³/mol. The third kappa shape index (κ3) is 4.06. The van der Waals surface area contributed by atoms with Crippen molar-refractivity contribution in [2.45, 2.75) is 33.1 Å². The molecule has 120 valence electrons. The van der Waals surface area contributed by atoms with Crippen LogP contribution in [0.4, 0.5) is 0 Å². The Morgan fingerprint density at radius 1 is 1.23 bits per heavy atom. The fraction of sp³-hybridized carbons (Fsp3) is 0.438. The summed E-state index contributed by atoms with van der Waals surface area (Å²) in [5.74, 6) is -0.0178. The molecule has 0 aliphatic rings. The van der Waals surface area contributed by atoms with Crippen molar-refractivity contribution in [2.75, 3.05) is 13.2 Å². The first-order valence-corrected chi connectivity index (χ1v) is 8.82. The van der Waals surface area contributed by atoms with Crippen molar-refractivity contribution < 1.29 is 14.3 Å². The van der Waals surface area contributed by atoms with Crippen molar-refractivity contribution in [3.63, 3.8) is 0 Å². The zero-order valence-electron chi connectivity index (χ0n) is 12.6. The molecule has 0 bridgehead atoms. The van der Waals surface area contributed by atoms with Gasteiger partial charge < -0.3 is 9.47 Å². The number of thiophene rings is 1. The Morgan fingerprint density at radius 2 is 2.00 bits per heavy atom. The van der Waals surface area contributed by atoms with Crippen LogP contribution in [0.5, 0.6) is 5.75 Å². The first-order valence-electron chi connectivity index (χ1n) is 7.25. The van der Waals surface area contributed by atoms with Gasteiger partial charge in [0.1, 0.15) is 10.8 Å². The van der Waals surface area contributed by atoms with Gasteiger partial charge in [-0.15, -0.1) is 11.3 Å². The van der Waals surface area contributed by atoms with E-state index in [9.17, 15) is 4.79 Å². The molecule has 6 heteroatoms. The van der Waals surface area contributed by atoms with E-state index in [4.69, 9.17) is 32.7 Å². The Hall–Kier alpha value is -0.970. The van der Waals surface area contributed by atoms with E-state index >= 15 is 0 Å². The van der Waals surface area contributed by atoms with Crippen molar-refractivity contribution in [2.24, 2.45) is 0 Å². The number of fused-ring (bicyclic) bond motifs is 1. The van der Waals surface area contributed by atoms with E-state index in [0.29, 0.717) is 22.4 Å². The van der Waals surface area contributed by atoms with Crippen molar-refractivity contribution >= 4 is 50.6 Å². The Balaban J connectivity index is 2.24. The average molecular weight is 361 g/mol. The average Bonchev–Trinajstić information content (AvgIpc) is 2.91. The quantitative estimate of drug-likeness (QED) is 0.612. The highest BCUT2D eigenvalue weighted by Gasteiger charge is 2.15. The van der Waals surface area contributed by atoms with Gasteiger partial charge in [0.25, 0.3) is 0 Å². The topological polar surface area (TPSA) is 35.5 Å². The molecule has 0 fully saturated rings. The summed E-state index contributed by atoms with van der Waals surface area (Å²) in [4.78, 5) is 12.7. The maximum absolute atomic E-state index is 11.4. The molecule has 3 nitrogen and oxygen atoms in total. The Bertz CT molecular complexity index is 667. The van der Waals surface area contributed by atoms with Crippen LogP contribution in [0.1, 0.15) is 31.6 Å². The monoisotopic (exact) mass is 360 g/mol. The molecule has 0 atom stereocenters. The number of unbranched alkanes of at least 4 members (excludes halogenated alkanes) is 1. The number of aryl methyl sites for hydroxylation is 1. The molecule has 0 saturated carbocycles. The van der Waals surface area contributed by atoms with E-state index in [1.165, 1.54) is 4.88 Å². The number of carbonyl (C=O) groups is 1. The summed E-state index contributed by atoms with van der Waals surface area (Å²) in [5.41, 5.74) is 0. The lowest BCUT2D eigenvalue weighted by Crippen LogP contribution is -2.14. The molecule has 0 aliphatic carbocycles. The number of rotatable bonds is 7. The summed E-state index contributed by atoms with van der Waals surface area (Å²) >= 11 is 14.2. The first-order chi connectivity index (χ1) is 10.6. The van der Waals surface area contributed by atoms with Crippen molar-refractivity contribution in [3.8, 4) is 5.75 Å². The number of carbonyl (C=O) groups excluding carboxylic acids is 1. The maximum Gasteiger partial charge on any atom is 0.344 e. The summed E-state index contributed by atoms with van der Waals surface area (Å²) < 4.78 is 11.2. The zero-order chi connectivity index (χ0) is 16.1. The second-order valence-electron chi connectivity index (χ2n) is 4.83. The molecule has 0 unspecified atom stereocenters. The third-order valence-corrected chi connectivity index (χ3v) is 5.32. The summed E-state index contributed by atoms with van der Waals surface area (Å²) in [6.45, 7) is 4.05. The van der Waals surface area contributed by atoms with Gasteiger partial charge >= 0.3 is 5.97 Å². The number of ether oxygens (including phenoxy) is 2. The smallest absolute Gasteiger partial charge is 0.344 e. The number of hydrogen-bond donors (Lipinski definition) is 0. The van der Waals surface area contributed by atoms with Crippen molar-refractivity contribution in [3.05, 3.63) is 27.1 Å². The molecule has 0 spiro atoms. The summed E-state index contributed by atoms with van der Waals surface area (Å²) in [6.07, 6.45) is 3.32. The van der Waals surface area contributed by atoms with Crippen LogP contribution < -0.4 is 4.74 Å². The van der Waals surface area contributed by atoms with Gasteiger partial charge in [-0.3, -0.25) is 0 Å². The van der Waals surface area contributed by atoms with Gasteiger partial charge in [0.2, 0.25) is 0 Å². The van der Waals surface area contributed by atoms with Crippen LogP contribution in [0, 0.1) is 0 Å². The van der Waals surface area contributed by atoms with E-state index < -0.39 is 5.97 Å². The molecule has 22 heavy (non-hydrogen) atoms. The minimum Gasteiger partial charge on any atom is -0.480 e. The Labute approximate surface area is 144 Å². The molecule has 0 aliphatic heterocycles. The highest BCUT2D eigenvalue weighted by atomic mass is 35.5. The van der Waals surface area contributed by atoms with Gasteiger partial charge in [-0.1, -0.05) is 36.5 Å². The van der Waals surface area contributed by atoms with Gasteiger partial charge in [-0.05, 0) is 37.3 Å². The molecule has 0 amide bonds. The first kappa shape index (κ1) is 17.4. The summed E-state index contributed by atoms with van der Waals surface area (Å²) in [5, 5.41) is 1.80. The van der Waals surface area contributed by atoms with Crippen LogP contribution in [-0.4, -0.2) is 19.2 Å². The zero-order valence-corrected chi connectivity index (χ0v) is 14.9. The molecule has 1 aromatic heterocycles. The fourth-order valence-electron chi connectivity index (χ4n) is 2.07. The molecule has 2 rings (SSSR count). The number of hydrogen-bond acceptors (Lipinski definition) is 4. The molecule has 1 heterocycles. The van der Waals surface area contributed by atoms with Gasteiger partial charge in [0.15, 0.2) is 6.61 Å². The van der Waals surface area contributed by atoms with Gasteiger partial charge in [-0.2, -0.15) is 0 Å². The lowest BCUT2D eigenvalue weighted by Gasteiger charge is -2.09. The van der Waals surface area contributed by atoms with E-state index in [2.05, 4.69) is 13.0 Å². The van der Waals surface area contributed by atoms with Crippen LogP contribution in [0.2, 0.25) is 10.0 Å². The second kappa shape index (κ2) is 8.04. The van der Waals surface area contributed by atoms with E-state index in [-0.39, 0.29) is 6.61 Å². The Morgan fingerprint density at radius 3 is 2.68 bits per heavy atom. The molecule has 0 saturated heterocycles. The van der Waals surface area contributed by atoms with Crippen LogP contribution in [0.3, 0.4) is 0 Å². The largest absolute Gasteiger partial charge is 0.480 e. The minimum absolute atomic E-state index is 0.178. The summed E-state index contributed by atoms with van der Waals surface area (Å²) in [7, 11) is 0. The summed E-state index contributed by atoms with van der Waals surface area (Å²) in [6, 6.07) is 3.93. The van der Waals surface area contributed by atoms with Crippen LogP contribution in [-0.2, 0) is 16.0 Å². The molecule has 0 radical (unpaired) electrons. The van der Waals surface area contributed by atoms with Gasteiger partial charge in [0.05, 0.1) is 16.3 Å². The number of halogens is 2. The maximum atomic E-state index is 11.4. The SMILES string of the molecule is CCCCc1cc2cc(OCC(=O)OCC)c(Cl)c(Cl)c2s1. The van der Waals surface area contributed by atoms with E-state index in [1.807, 2.05) is 6.07 Å². The van der Waals surface area contributed by atoms with Crippen LogP contribution in [0.15, 0.2) is 12.1 Å². The van der Waals surface area contributed by atoms with Crippen LogP contribution >= 0.6 is 34.5 Å². The highest BCUT2D eigenvalue weighted by molar-refractivity contribution is 7.19. The Kier molecular flexibility index (Phi) is 6.36. The van der Waals surface area contributed by atoms with Crippen molar-refractivity contribution in [1.82, 2.24) is 0 Å². The van der Waals surface area contributed by atoms with Gasteiger partial charge in [-0.25, -0.2) is 4.79 Å². The third-order valence-electron chi connectivity index (χ3n) is 3.13. The lowest BCUT2D eigenvalue weighted by atomic mass is 10.2. The van der Waals surface area contributed by atoms with E-state index in [0.717, 1.165) is 29.3 Å². The van der Waals surface area contributed by atoms with Crippen molar-refractivity contribution in [1.29, 1.82) is 0 Å². The minimum atomic E-state index is -0.427. The molecule has 2 aromatic rings. The standard InChI is InChI=1S/C16H18Cl2O3S/c1-3-5-6-11-7-10-8-12(21-9-13(19)20-4-2)14(17)15(18)16(10)22-11/h7-8H,3-6,9H2,1-2H3. The normalized spacial score (nSPS) is 10.9. The predicted octanol–water partition coefficient (Wildman–Crippen LogP) is 5.49. The highest BCUT2D eigenvalue weighted by Crippen LogP contribution is 2.42. The van der Waals surface area contributed by atoms with E-state index in [1.54, 1.807) is 18.3 Å². The lowest BCUT2D eigenvalue weighted by molar-refractivity contribution is -0.145. The molecular weight excluding hydrogens is 343 g/mol. The number of benzene rings is 1. The van der Waals surface area contributed by atoms with Crippen LogP contribution in [0.25, 0.3) is 10.1 Å². The van der Waals surface area contributed by atoms with Gasteiger partial charge in [0, 0.05) is 4.88 Å². The second-order valence-corrected chi connectivity index (χ2v) is 6.72. The number of esters is 1. The molecule has 0 N–H and O–H groups in total. The molecule has 1 aromatic carbocycles. The fourth-order valence-corrected chi connectivity index (χ4v) is 3.77.